The smallest absolute Gasteiger partial charge is 0.414 e. The first-order chi connectivity index (χ1) is 11.3. The van der Waals surface area contributed by atoms with Gasteiger partial charge in [0.2, 0.25) is 17.2 Å². The molecule has 1 unspecified atom stereocenters. The molecule has 8 heteroatoms. The van der Waals surface area contributed by atoms with Gasteiger partial charge in [-0.25, -0.2) is 9.18 Å². The van der Waals surface area contributed by atoms with E-state index in [1.165, 1.54) is 31.2 Å². The number of carbonyl (C=O) groups excluding carboxylic acids is 3. The number of nitrogens with one attached hydrogen (secondary N) is 1. The van der Waals surface area contributed by atoms with Crippen molar-refractivity contribution in [3.05, 3.63) is 47.3 Å². The van der Waals surface area contributed by atoms with Crippen molar-refractivity contribution in [2.24, 2.45) is 0 Å². The van der Waals surface area contributed by atoms with Crippen molar-refractivity contribution < 1.29 is 33.0 Å². The first-order valence-corrected chi connectivity index (χ1v) is 7.15. The summed E-state index contributed by atoms with van der Waals surface area (Å²) >= 11 is 0. The molecule has 0 saturated carbocycles. The van der Waals surface area contributed by atoms with Crippen molar-refractivity contribution in [3.63, 3.8) is 0 Å². The van der Waals surface area contributed by atoms with Gasteiger partial charge in [-0.2, -0.15) is 0 Å². The van der Waals surface area contributed by atoms with Crippen LogP contribution in [0, 0.1) is 5.82 Å². The van der Waals surface area contributed by atoms with Crippen molar-refractivity contribution in [2.45, 2.75) is 26.4 Å². The first-order valence-electron chi connectivity index (χ1n) is 7.15. The van der Waals surface area contributed by atoms with Crippen molar-refractivity contribution in [2.75, 3.05) is 6.61 Å². The molecule has 0 aromatic heterocycles. The molecular weight excluding hydrogens is 321 g/mol. The van der Waals surface area contributed by atoms with Gasteiger partial charge in [0, 0.05) is 12.5 Å². The summed E-state index contributed by atoms with van der Waals surface area (Å²) in [5.41, 5.74) is -1.84. The van der Waals surface area contributed by atoms with Gasteiger partial charge in [-0.1, -0.05) is 18.2 Å². The van der Waals surface area contributed by atoms with Crippen molar-refractivity contribution in [1.82, 2.24) is 5.32 Å². The lowest BCUT2D eigenvalue weighted by Gasteiger charge is -2.23. The van der Waals surface area contributed by atoms with E-state index in [4.69, 9.17) is 14.2 Å². The summed E-state index contributed by atoms with van der Waals surface area (Å²) in [5.74, 6) is -3.17. The van der Waals surface area contributed by atoms with E-state index in [0.29, 0.717) is 0 Å². The van der Waals surface area contributed by atoms with Crippen molar-refractivity contribution in [1.29, 1.82) is 0 Å². The lowest BCUT2D eigenvalue weighted by atomic mass is 9.91. The highest BCUT2D eigenvalue weighted by Crippen LogP contribution is 2.39. The highest BCUT2D eigenvalue weighted by molar-refractivity contribution is 6.04. The van der Waals surface area contributed by atoms with Crippen LogP contribution in [0.4, 0.5) is 9.18 Å². The van der Waals surface area contributed by atoms with E-state index in [-0.39, 0.29) is 12.2 Å². The van der Waals surface area contributed by atoms with Crippen LogP contribution in [0.2, 0.25) is 0 Å². The van der Waals surface area contributed by atoms with Gasteiger partial charge in [-0.15, -0.1) is 0 Å². The van der Waals surface area contributed by atoms with Crippen LogP contribution in [0.1, 0.15) is 26.3 Å². The van der Waals surface area contributed by atoms with Gasteiger partial charge in [0.25, 0.3) is 5.78 Å². The number of benzene rings is 1. The van der Waals surface area contributed by atoms with Gasteiger partial charge < -0.3 is 14.2 Å². The summed E-state index contributed by atoms with van der Waals surface area (Å²) in [6.07, 6.45) is -0.900. The molecule has 1 amide bonds. The first kappa shape index (κ1) is 17.5. The Morgan fingerprint density at radius 3 is 2.58 bits per heavy atom. The van der Waals surface area contributed by atoms with Gasteiger partial charge in [-0.05, 0) is 19.9 Å². The zero-order valence-corrected chi connectivity index (χ0v) is 13.3. The van der Waals surface area contributed by atoms with E-state index in [1.807, 2.05) is 0 Å². The number of hydrogen-bond donors (Lipinski definition) is 1. The van der Waals surface area contributed by atoms with Crippen LogP contribution >= 0.6 is 0 Å². The molecule has 1 aromatic carbocycles. The van der Waals surface area contributed by atoms with Gasteiger partial charge >= 0.3 is 12.1 Å². The molecule has 0 fully saturated rings. The number of Topliss-reactive ketones (excluding diaryl/α,β-unsaturated/α-hetero) is 1. The number of ether oxygens (including phenoxy) is 3. The maximum absolute atomic E-state index is 14.1. The molecular formula is C16H16FNO6. The maximum Gasteiger partial charge on any atom is 0.414 e. The Morgan fingerprint density at radius 2 is 2.00 bits per heavy atom. The third-order valence-electron chi connectivity index (χ3n) is 3.28. The van der Waals surface area contributed by atoms with E-state index in [2.05, 4.69) is 5.32 Å². The van der Waals surface area contributed by atoms with Crippen LogP contribution in [0.15, 0.2) is 35.9 Å². The van der Waals surface area contributed by atoms with Gasteiger partial charge in [0.15, 0.2) is 0 Å². The molecule has 1 aliphatic rings. The topological polar surface area (TPSA) is 90.9 Å². The number of esters is 1. The zero-order valence-electron chi connectivity index (χ0n) is 13.3. The summed E-state index contributed by atoms with van der Waals surface area (Å²) < 4.78 is 29.1. The average molecular weight is 337 g/mol. The van der Waals surface area contributed by atoms with Crippen LogP contribution in [-0.4, -0.2) is 24.5 Å². The van der Waals surface area contributed by atoms with E-state index in [0.717, 1.165) is 6.92 Å². The normalized spacial score (nSPS) is 19.8. The van der Waals surface area contributed by atoms with E-state index in [1.54, 1.807) is 6.92 Å². The molecule has 0 saturated heterocycles. The van der Waals surface area contributed by atoms with E-state index >= 15 is 0 Å². The fourth-order valence-corrected chi connectivity index (χ4v) is 2.22. The molecule has 2 rings (SSSR count). The molecule has 0 bridgehead atoms. The summed E-state index contributed by atoms with van der Waals surface area (Å²) in [4.78, 5) is 35.5. The second-order valence-electron chi connectivity index (χ2n) is 5.04. The molecule has 0 spiro atoms. The Hall–Kier alpha value is -2.90. The molecule has 0 radical (unpaired) electrons. The Kier molecular flexibility index (Phi) is 4.87. The third kappa shape index (κ3) is 3.22. The quantitative estimate of drug-likeness (QED) is 0.846. The minimum Gasteiger partial charge on any atom is -0.456 e. The third-order valence-corrected chi connectivity index (χ3v) is 3.28. The molecule has 128 valence electrons. The lowest BCUT2D eigenvalue weighted by molar-refractivity contribution is -0.142. The van der Waals surface area contributed by atoms with Crippen molar-refractivity contribution >= 4 is 17.8 Å². The summed E-state index contributed by atoms with van der Waals surface area (Å²) in [7, 11) is 0. The average Bonchev–Trinajstić information content (AvgIpc) is 2.73. The fourth-order valence-electron chi connectivity index (χ4n) is 2.22. The van der Waals surface area contributed by atoms with Crippen LogP contribution in [0.3, 0.4) is 0 Å². The van der Waals surface area contributed by atoms with Gasteiger partial charge in [-0.3, -0.25) is 14.9 Å². The van der Waals surface area contributed by atoms with Gasteiger partial charge in [0.1, 0.15) is 5.82 Å². The van der Waals surface area contributed by atoms with E-state index in [9.17, 15) is 18.8 Å². The predicted octanol–water partition coefficient (Wildman–Crippen LogP) is 2.12. The van der Waals surface area contributed by atoms with E-state index < -0.39 is 40.9 Å². The SMILES string of the molecule is CCOC(=O)NC1=C(OC(C)=O)C(=O)C(C)(c2ccccc2F)O1. The molecule has 0 aliphatic carbocycles. The second-order valence-corrected chi connectivity index (χ2v) is 5.04. The number of alkyl carbamates (subject to hydrolysis) is 1. The number of rotatable bonds is 4. The number of ketones is 1. The number of amides is 1. The second kappa shape index (κ2) is 6.69. The lowest BCUT2D eigenvalue weighted by Crippen LogP contribution is -2.33. The van der Waals surface area contributed by atoms with Crippen LogP contribution in [0.25, 0.3) is 0 Å². The summed E-state index contributed by atoms with van der Waals surface area (Å²) in [5, 5.41) is 2.19. The minimum absolute atomic E-state index is 0.0553. The van der Waals surface area contributed by atoms with Crippen LogP contribution in [0.5, 0.6) is 0 Å². The number of hydrogen-bond acceptors (Lipinski definition) is 6. The Bertz CT molecular complexity index is 729. The largest absolute Gasteiger partial charge is 0.456 e. The number of carbonyl (C=O) groups is 3. The molecule has 1 N–H and O–H groups in total. The molecule has 1 aromatic rings. The monoisotopic (exact) mass is 337 g/mol. The summed E-state index contributed by atoms with van der Waals surface area (Å²) in [6.45, 7) is 4.07. The predicted molar refractivity (Wildman–Crippen MR) is 78.8 cm³/mol. The van der Waals surface area contributed by atoms with Crippen molar-refractivity contribution in [3.8, 4) is 0 Å². The molecule has 1 atom stereocenters. The highest BCUT2D eigenvalue weighted by atomic mass is 19.1. The van der Waals surface area contributed by atoms with Crippen LogP contribution < -0.4 is 5.32 Å². The molecule has 1 heterocycles. The Labute approximate surface area is 137 Å². The molecule has 1 aliphatic heterocycles. The highest BCUT2D eigenvalue weighted by Gasteiger charge is 2.51. The zero-order chi connectivity index (χ0) is 17.9. The standard InChI is InChI=1S/C16H16FNO6/c1-4-22-15(21)18-14-12(23-9(2)19)13(20)16(3,24-14)10-7-5-6-8-11(10)17/h5-8H,4H2,1-3H3,(H,18,21). The fraction of sp³-hybridized carbons (Fsp3) is 0.312. The minimum atomic E-state index is -1.79. The van der Waals surface area contributed by atoms with Gasteiger partial charge in [0.05, 0.1) is 6.61 Å². The van der Waals surface area contributed by atoms with Crippen LogP contribution in [-0.2, 0) is 29.4 Å². The molecule has 24 heavy (non-hydrogen) atoms. The maximum atomic E-state index is 14.1. The number of halogens is 1. The summed E-state index contributed by atoms with van der Waals surface area (Å²) in [6, 6.07) is 5.52. The Balaban J connectivity index is 2.41. The Morgan fingerprint density at radius 1 is 1.33 bits per heavy atom. The molecule has 7 nitrogen and oxygen atoms in total.